The number of carbonyl (C=O) groups is 2. The molecule has 0 aliphatic carbocycles. The van der Waals surface area contributed by atoms with Gasteiger partial charge >= 0.3 is 0 Å². The lowest BCUT2D eigenvalue weighted by atomic mass is 10.0. The molecule has 2 rings (SSSR count). The first-order valence-corrected chi connectivity index (χ1v) is 6.77. The molecule has 0 aromatic heterocycles. The van der Waals surface area contributed by atoms with Crippen LogP contribution in [0.25, 0.3) is 0 Å². The van der Waals surface area contributed by atoms with E-state index >= 15 is 0 Å². The monoisotopic (exact) mass is 276 g/mol. The van der Waals surface area contributed by atoms with Crippen molar-refractivity contribution in [3.8, 4) is 0 Å². The fourth-order valence-electron chi connectivity index (χ4n) is 2.29. The molecular weight excluding hydrogens is 256 g/mol. The minimum atomic E-state index is -1.07. The fraction of sp³-hybridized carbons (Fsp3) is 0.467. The van der Waals surface area contributed by atoms with E-state index in [4.69, 9.17) is 10.5 Å². The van der Waals surface area contributed by atoms with E-state index in [9.17, 15) is 9.59 Å². The van der Waals surface area contributed by atoms with Crippen molar-refractivity contribution in [2.45, 2.75) is 25.4 Å². The Bertz CT molecular complexity index is 489. The molecule has 1 aliphatic heterocycles. The van der Waals surface area contributed by atoms with Gasteiger partial charge in [-0.2, -0.15) is 0 Å². The number of benzene rings is 1. The zero-order valence-corrected chi connectivity index (χ0v) is 11.7. The van der Waals surface area contributed by atoms with Gasteiger partial charge in [0.1, 0.15) is 0 Å². The summed E-state index contributed by atoms with van der Waals surface area (Å²) in [6.45, 7) is 2.72. The highest BCUT2D eigenvalue weighted by Gasteiger charge is 2.38. The minimum Gasteiger partial charge on any atom is -0.367 e. The first kappa shape index (κ1) is 14.5. The predicted molar refractivity (Wildman–Crippen MR) is 74.9 cm³/mol. The third kappa shape index (κ3) is 3.36. The highest BCUT2D eigenvalue weighted by molar-refractivity contribution is 5.85. The smallest absolute Gasteiger partial charge is 0.251 e. The van der Waals surface area contributed by atoms with Crippen LogP contribution in [0.5, 0.6) is 0 Å². The van der Waals surface area contributed by atoms with E-state index in [1.54, 1.807) is 11.8 Å². The second-order valence-electron chi connectivity index (χ2n) is 5.24. The molecule has 0 radical (unpaired) electrons. The predicted octanol–water partition coefficient (Wildman–Crippen LogP) is 0.722. The Morgan fingerprint density at radius 3 is 2.70 bits per heavy atom. The number of nitrogens with zero attached hydrogens (tertiary/aromatic N) is 1. The van der Waals surface area contributed by atoms with Crippen LogP contribution >= 0.6 is 0 Å². The summed E-state index contributed by atoms with van der Waals surface area (Å²) >= 11 is 0. The molecule has 1 aliphatic rings. The molecule has 108 valence electrons. The van der Waals surface area contributed by atoms with Crippen LogP contribution in [0.15, 0.2) is 30.3 Å². The summed E-state index contributed by atoms with van der Waals surface area (Å²) in [4.78, 5) is 25.2. The first-order valence-electron chi connectivity index (χ1n) is 6.77. The van der Waals surface area contributed by atoms with Gasteiger partial charge in [-0.1, -0.05) is 30.3 Å². The molecule has 2 N–H and O–H groups in total. The lowest BCUT2D eigenvalue weighted by molar-refractivity contribution is -0.160. The summed E-state index contributed by atoms with van der Waals surface area (Å²) in [6.07, 6.45) is 1.13. The summed E-state index contributed by atoms with van der Waals surface area (Å²) in [5, 5.41) is 0. The number of primary amides is 1. The molecular formula is C15H20N2O3. The van der Waals surface area contributed by atoms with Gasteiger partial charge in [-0.05, 0) is 18.9 Å². The van der Waals surface area contributed by atoms with E-state index in [0.29, 0.717) is 26.0 Å². The Labute approximate surface area is 118 Å². The zero-order valence-electron chi connectivity index (χ0n) is 11.7. The summed E-state index contributed by atoms with van der Waals surface area (Å²) in [5.74, 6) is -0.498. The van der Waals surface area contributed by atoms with Crippen LogP contribution in [0.2, 0.25) is 0 Å². The molecule has 5 nitrogen and oxygen atoms in total. The van der Waals surface area contributed by atoms with Gasteiger partial charge in [0.15, 0.2) is 5.60 Å². The Balaban J connectivity index is 1.91. The van der Waals surface area contributed by atoms with E-state index in [0.717, 1.165) is 5.56 Å². The van der Waals surface area contributed by atoms with Crippen molar-refractivity contribution in [3.05, 3.63) is 35.9 Å². The number of amides is 2. The summed E-state index contributed by atoms with van der Waals surface area (Å²) in [6, 6.07) is 9.86. The Morgan fingerprint density at radius 1 is 1.35 bits per heavy atom. The number of ether oxygens (including phenoxy) is 1. The van der Waals surface area contributed by atoms with Crippen LogP contribution < -0.4 is 5.73 Å². The number of aryl methyl sites for hydroxylation is 1. The normalized spacial score (nSPS) is 22.6. The van der Waals surface area contributed by atoms with Gasteiger partial charge in [0.2, 0.25) is 5.91 Å². The average molecular weight is 276 g/mol. The lowest BCUT2D eigenvalue weighted by Gasteiger charge is -2.38. The lowest BCUT2D eigenvalue weighted by Crippen LogP contribution is -2.58. The SMILES string of the molecule is C[C@]1(C(N)=O)CN(C(=O)CCc2ccccc2)CCO1. The van der Waals surface area contributed by atoms with Crippen molar-refractivity contribution < 1.29 is 14.3 Å². The van der Waals surface area contributed by atoms with Gasteiger partial charge in [-0.25, -0.2) is 0 Å². The van der Waals surface area contributed by atoms with Crippen LogP contribution in [0.4, 0.5) is 0 Å². The molecule has 1 fully saturated rings. The van der Waals surface area contributed by atoms with Crippen molar-refractivity contribution >= 4 is 11.8 Å². The van der Waals surface area contributed by atoms with Crippen LogP contribution in [-0.2, 0) is 20.7 Å². The fourth-order valence-corrected chi connectivity index (χ4v) is 2.29. The number of rotatable bonds is 4. The topological polar surface area (TPSA) is 72.6 Å². The van der Waals surface area contributed by atoms with E-state index in [2.05, 4.69) is 0 Å². The Hall–Kier alpha value is -1.88. The molecule has 0 saturated carbocycles. The van der Waals surface area contributed by atoms with Crippen molar-refractivity contribution in [1.29, 1.82) is 0 Å². The Kier molecular flexibility index (Phi) is 4.39. The molecule has 1 atom stereocenters. The molecule has 2 amide bonds. The maximum Gasteiger partial charge on any atom is 0.251 e. The van der Waals surface area contributed by atoms with Gasteiger partial charge in [0, 0.05) is 13.0 Å². The first-order chi connectivity index (χ1) is 9.51. The zero-order chi connectivity index (χ0) is 14.6. The van der Waals surface area contributed by atoms with Crippen LogP contribution in [-0.4, -0.2) is 42.0 Å². The largest absolute Gasteiger partial charge is 0.367 e. The average Bonchev–Trinajstić information content (AvgIpc) is 2.46. The van der Waals surface area contributed by atoms with E-state index in [-0.39, 0.29) is 12.5 Å². The van der Waals surface area contributed by atoms with E-state index in [1.165, 1.54) is 0 Å². The van der Waals surface area contributed by atoms with Gasteiger partial charge in [-0.3, -0.25) is 9.59 Å². The van der Waals surface area contributed by atoms with Crippen molar-refractivity contribution in [3.63, 3.8) is 0 Å². The minimum absolute atomic E-state index is 0.0321. The quantitative estimate of drug-likeness (QED) is 0.880. The number of morpholine rings is 1. The molecule has 1 aromatic carbocycles. The molecule has 1 heterocycles. The molecule has 1 aromatic rings. The van der Waals surface area contributed by atoms with Crippen molar-refractivity contribution in [1.82, 2.24) is 4.90 Å². The maximum absolute atomic E-state index is 12.2. The van der Waals surface area contributed by atoms with Crippen molar-refractivity contribution in [2.75, 3.05) is 19.7 Å². The van der Waals surface area contributed by atoms with Crippen LogP contribution in [0.3, 0.4) is 0 Å². The molecule has 1 saturated heterocycles. The van der Waals surface area contributed by atoms with E-state index in [1.807, 2.05) is 30.3 Å². The van der Waals surface area contributed by atoms with E-state index < -0.39 is 11.5 Å². The molecule has 0 bridgehead atoms. The second kappa shape index (κ2) is 6.05. The molecule has 0 unspecified atom stereocenters. The second-order valence-corrected chi connectivity index (χ2v) is 5.24. The molecule has 5 heteroatoms. The molecule has 0 spiro atoms. The van der Waals surface area contributed by atoms with Gasteiger partial charge < -0.3 is 15.4 Å². The number of carbonyl (C=O) groups excluding carboxylic acids is 2. The van der Waals surface area contributed by atoms with Crippen LogP contribution in [0, 0.1) is 0 Å². The van der Waals surface area contributed by atoms with Gasteiger partial charge in [-0.15, -0.1) is 0 Å². The number of hydrogen-bond donors (Lipinski definition) is 1. The van der Waals surface area contributed by atoms with Gasteiger partial charge in [0.25, 0.3) is 5.91 Å². The standard InChI is InChI=1S/C15H20N2O3/c1-15(14(16)19)11-17(9-10-20-15)13(18)8-7-12-5-3-2-4-6-12/h2-6H,7-11H2,1H3,(H2,16,19)/t15-/m1/s1. The number of hydrogen-bond acceptors (Lipinski definition) is 3. The Morgan fingerprint density at radius 2 is 2.05 bits per heavy atom. The highest BCUT2D eigenvalue weighted by atomic mass is 16.5. The number of nitrogens with two attached hydrogens (primary N) is 1. The van der Waals surface area contributed by atoms with Crippen LogP contribution in [0.1, 0.15) is 18.9 Å². The van der Waals surface area contributed by atoms with Gasteiger partial charge in [0.05, 0.1) is 13.2 Å². The summed E-state index contributed by atoms with van der Waals surface area (Å²) in [7, 11) is 0. The van der Waals surface area contributed by atoms with Crippen molar-refractivity contribution in [2.24, 2.45) is 5.73 Å². The summed E-state index contributed by atoms with van der Waals surface area (Å²) in [5.41, 5.74) is 5.39. The highest BCUT2D eigenvalue weighted by Crippen LogP contribution is 2.18. The maximum atomic E-state index is 12.2. The third-order valence-electron chi connectivity index (χ3n) is 3.62. The summed E-state index contributed by atoms with van der Waals surface area (Å²) < 4.78 is 5.40. The molecule has 20 heavy (non-hydrogen) atoms. The third-order valence-corrected chi connectivity index (χ3v) is 3.62.